The van der Waals surface area contributed by atoms with E-state index in [2.05, 4.69) is 10.2 Å². The number of nitrogens with two attached hydrogens (primary N) is 1. The Hall–Kier alpha value is -1.60. The molecular weight excluding hydrogens is 255 g/mol. The van der Waals surface area contributed by atoms with Crippen LogP contribution in [0.2, 0.25) is 0 Å². The van der Waals surface area contributed by atoms with Crippen molar-refractivity contribution in [3.05, 3.63) is 40.1 Å². The molecule has 18 heavy (non-hydrogen) atoms. The highest BCUT2D eigenvalue weighted by molar-refractivity contribution is 7.99. The second-order valence-corrected chi connectivity index (χ2v) is 4.96. The Bertz CT molecular complexity index is 620. The van der Waals surface area contributed by atoms with Gasteiger partial charge in [0.2, 0.25) is 0 Å². The van der Waals surface area contributed by atoms with Gasteiger partial charge >= 0.3 is 5.69 Å². The number of H-pyrrole nitrogens is 1. The molecule has 5 nitrogen and oxygen atoms in total. The van der Waals surface area contributed by atoms with Gasteiger partial charge in [0, 0.05) is 13.1 Å². The molecule has 0 bridgehead atoms. The molecule has 0 saturated heterocycles. The zero-order valence-corrected chi connectivity index (χ0v) is 10.8. The number of rotatable bonds is 3. The van der Waals surface area contributed by atoms with Crippen LogP contribution in [0.5, 0.6) is 0 Å². The monoisotopic (exact) mass is 268 g/mol. The van der Waals surface area contributed by atoms with Crippen molar-refractivity contribution < 1.29 is 4.39 Å². The maximum atomic E-state index is 13.8. The van der Waals surface area contributed by atoms with Crippen molar-refractivity contribution in [2.24, 2.45) is 12.8 Å². The summed E-state index contributed by atoms with van der Waals surface area (Å²) in [5.41, 5.74) is 6.08. The molecule has 0 unspecified atom stereocenters. The van der Waals surface area contributed by atoms with Gasteiger partial charge in [0.25, 0.3) is 0 Å². The van der Waals surface area contributed by atoms with E-state index < -0.39 is 0 Å². The molecule has 0 aliphatic carbocycles. The van der Waals surface area contributed by atoms with Crippen molar-refractivity contribution in [3.8, 4) is 0 Å². The third kappa shape index (κ3) is 2.46. The molecule has 0 spiro atoms. The van der Waals surface area contributed by atoms with Crippen LogP contribution in [0.25, 0.3) is 0 Å². The lowest BCUT2D eigenvalue weighted by Gasteiger charge is -2.07. The first-order valence-electron chi connectivity index (χ1n) is 5.33. The van der Waals surface area contributed by atoms with Crippen LogP contribution >= 0.6 is 11.8 Å². The second-order valence-electron chi connectivity index (χ2n) is 3.95. The number of hydrogen-bond acceptors (Lipinski definition) is 4. The molecule has 2 aromatic rings. The average Bonchev–Trinajstić information content (AvgIpc) is 2.63. The fourth-order valence-electron chi connectivity index (χ4n) is 1.41. The molecule has 0 fully saturated rings. The first kappa shape index (κ1) is 12.8. The molecule has 1 atom stereocenters. The van der Waals surface area contributed by atoms with Crippen LogP contribution in [0.15, 0.2) is 33.0 Å². The Morgan fingerprint density at radius 1 is 1.56 bits per heavy atom. The van der Waals surface area contributed by atoms with Gasteiger partial charge in [-0.25, -0.2) is 14.3 Å². The predicted octanol–water partition coefficient (Wildman–Crippen LogP) is 1.42. The molecule has 96 valence electrons. The second kappa shape index (κ2) is 4.95. The van der Waals surface area contributed by atoms with Crippen LogP contribution in [0.4, 0.5) is 4.39 Å². The Labute approximate surface area is 107 Å². The lowest BCUT2D eigenvalue weighted by atomic mass is 10.1. The van der Waals surface area contributed by atoms with Gasteiger partial charge < -0.3 is 5.73 Å². The summed E-state index contributed by atoms with van der Waals surface area (Å²) in [4.78, 5) is 11.6. The number of nitrogens with one attached hydrogen (secondary N) is 1. The van der Waals surface area contributed by atoms with E-state index in [0.29, 0.717) is 10.1 Å². The van der Waals surface area contributed by atoms with Gasteiger partial charge in [-0.3, -0.25) is 4.57 Å². The van der Waals surface area contributed by atoms with E-state index in [-0.39, 0.29) is 17.5 Å². The highest BCUT2D eigenvalue weighted by Crippen LogP contribution is 2.28. The third-order valence-electron chi connectivity index (χ3n) is 2.52. The molecule has 0 aliphatic heterocycles. The van der Waals surface area contributed by atoms with Gasteiger partial charge in [-0.2, -0.15) is 0 Å². The van der Waals surface area contributed by atoms with Crippen molar-refractivity contribution in [1.29, 1.82) is 0 Å². The van der Waals surface area contributed by atoms with E-state index in [1.165, 1.54) is 10.6 Å². The Balaban J connectivity index is 2.30. The van der Waals surface area contributed by atoms with E-state index in [0.717, 1.165) is 17.3 Å². The lowest BCUT2D eigenvalue weighted by molar-refractivity contribution is 0.596. The molecule has 7 heteroatoms. The molecule has 0 aliphatic rings. The molecule has 0 saturated carbocycles. The maximum Gasteiger partial charge on any atom is 0.343 e. The Kier molecular flexibility index (Phi) is 3.53. The van der Waals surface area contributed by atoms with Gasteiger partial charge in [0.15, 0.2) is 5.16 Å². The van der Waals surface area contributed by atoms with Crippen molar-refractivity contribution >= 4 is 11.8 Å². The van der Waals surface area contributed by atoms with Crippen LogP contribution in [-0.2, 0) is 7.05 Å². The lowest BCUT2D eigenvalue weighted by Crippen LogP contribution is -2.12. The fraction of sp³-hybridized carbons (Fsp3) is 0.273. The largest absolute Gasteiger partial charge is 0.343 e. The minimum absolute atomic E-state index is 0.215. The summed E-state index contributed by atoms with van der Waals surface area (Å²) < 4.78 is 15.2. The van der Waals surface area contributed by atoms with Crippen molar-refractivity contribution in [1.82, 2.24) is 14.8 Å². The smallest absolute Gasteiger partial charge is 0.324 e. The molecule has 3 N–H and O–H groups in total. The summed E-state index contributed by atoms with van der Waals surface area (Å²) in [6.07, 6.45) is 0. The molecule has 1 aromatic heterocycles. The summed E-state index contributed by atoms with van der Waals surface area (Å²) >= 11 is 1.09. The van der Waals surface area contributed by atoms with Crippen LogP contribution in [-0.4, -0.2) is 14.8 Å². The fourth-order valence-corrected chi connectivity index (χ4v) is 2.21. The minimum Gasteiger partial charge on any atom is -0.324 e. The summed E-state index contributed by atoms with van der Waals surface area (Å²) in [6, 6.07) is 4.59. The van der Waals surface area contributed by atoms with Crippen molar-refractivity contribution in [3.63, 3.8) is 0 Å². The highest BCUT2D eigenvalue weighted by Gasteiger charge is 2.11. The first-order chi connectivity index (χ1) is 8.49. The van der Waals surface area contributed by atoms with Gasteiger partial charge in [0.1, 0.15) is 5.82 Å². The maximum absolute atomic E-state index is 13.8. The van der Waals surface area contributed by atoms with Crippen LogP contribution in [0, 0.1) is 5.82 Å². The van der Waals surface area contributed by atoms with Crippen LogP contribution < -0.4 is 11.4 Å². The minimum atomic E-state index is -0.370. The quantitative estimate of drug-likeness (QED) is 0.882. The van der Waals surface area contributed by atoms with Crippen molar-refractivity contribution in [2.45, 2.75) is 23.0 Å². The van der Waals surface area contributed by atoms with E-state index in [4.69, 9.17) is 5.73 Å². The summed E-state index contributed by atoms with van der Waals surface area (Å²) in [6.45, 7) is 1.79. The van der Waals surface area contributed by atoms with E-state index in [1.807, 2.05) is 0 Å². The molecule has 0 radical (unpaired) electrons. The Morgan fingerprint density at radius 2 is 2.28 bits per heavy atom. The number of benzene rings is 1. The topological polar surface area (TPSA) is 76.7 Å². The van der Waals surface area contributed by atoms with Crippen LogP contribution in [0.1, 0.15) is 18.5 Å². The van der Waals surface area contributed by atoms with Gasteiger partial charge in [0.05, 0.1) is 4.90 Å². The molecule has 0 amide bonds. The highest BCUT2D eigenvalue weighted by atomic mass is 32.2. The third-order valence-corrected chi connectivity index (χ3v) is 3.62. The van der Waals surface area contributed by atoms with E-state index in [1.54, 1.807) is 26.1 Å². The SMILES string of the molecule is C[C@H](N)c1ccc(Sc2n[nH]c(=O)n2C)c(F)c1. The first-order valence-corrected chi connectivity index (χ1v) is 6.15. The summed E-state index contributed by atoms with van der Waals surface area (Å²) in [7, 11) is 1.57. The zero-order valence-electron chi connectivity index (χ0n) is 9.98. The standard InChI is InChI=1S/C11H13FN4OS/c1-6(13)7-3-4-9(8(12)5-7)18-11-15-14-10(17)16(11)2/h3-6H,13H2,1-2H3,(H,14,17)/t6-/m0/s1. The van der Waals surface area contributed by atoms with Crippen LogP contribution in [0.3, 0.4) is 0 Å². The summed E-state index contributed by atoms with van der Waals surface area (Å²) in [5.74, 6) is -0.370. The number of hydrogen-bond donors (Lipinski definition) is 2. The summed E-state index contributed by atoms with van der Waals surface area (Å²) in [5, 5.41) is 6.52. The predicted molar refractivity (Wildman–Crippen MR) is 67.0 cm³/mol. The van der Waals surface area contributed by atoms with Crippen molar-refractivity contribution in [2.75, 3.05) is 0 Å². The number of halogens is 1. The molecule has 2 rings (SSSR count). The normalized spacial score (nSPS) is 12.7. The average molecular weight is 268 g/mol. The molecule has 1 heterocycles. The number of nitrogens with zero attached hydrogens (tertiary/aromatic N) is 2. The van der Waals surface area contributed by atoms with E-state index in [9.17, 15) is 9.18 Å². The number of aromatic amines is 1. The van der Waals surface area contributed by atoms with E-state index >= 15 is 0 Å². The molecular formula is C11H13FN4OS. The zero-order chi connectivity index (χ0) is 13.3. The Morgan fingerprint density at radius 3 is 2.78 bits per heavy atom. The molecule has 1 aromatic carbocycles. The van der Waals surface area contributed by atoms with Gasteiger partial charge in [-0.05, 0) is 36.4 Å². The van der Waals surface area contributed by atoms with Gasteiger partial charge in [-0.15, -0.1) is 5.10 Å². The number of aromatic nitrogens is 3. The van der Waals surface area contributed by atoms with Gasteiger partial charge in [-0.1, -0.05) is 6.07 Å².